The summed E-state index contributed by atoms with van der Waals surface area (Å²) in [5, 5.41) is 12.4. The zero-order valence-corrected chi connectivity index (χ0v) is 13.8. The highest BCUT2D eigenvalue weighted by Crippen LogP contribution is 2.18. The van der Waals surface area contributed by atoms with Gasteiger partial charge in [-0.1, -0.05) is 26.0 Å². The van der Waals surface area contributed by atoms with E-state index in [0.29, 0.717) is 12.5 Å². The molecule has 4 heteroatoms. The maximum atomic E-state index is 12.2. The van der Waals surface area contributed by atoms with Gasteiger partial charge in [-0.3, -0.25) is 9.69 Å². The monoisotopic (exact) mass is 292 g/mol. The molecule has 0 fully saturated rings. The van der Waals surface area contributed by atoms with Gasteiger partial charge in [0.1, 0.15) is 0 Å². The average molecular weight is 292 g/mol. The summed E-state index contributed by atoms with van der Waals surface area (Å²) >= 11 is 0. The number of nitrogens with zero attached hydrogens (tertiary/aromatic N) is 1. The van der Waals surface area contributed by atoms with E-state index in [9.17, 15) is 9.90 Å². The summed E-state index contributed by atoms with van der Waals surface area (Å²) in [6.07, 6.45) is -0.440. The van der Waals surface area contributed by atoms with Gasteiger partial charge in [0.2, 0.25) is 5.91 Å². The van der Waals surface area contributed by atoms with Gasteiger partial charge in [-0.25, -0.2) is 0 Å². The normalized spacial score (nSPS) is 13.0. The van der Waals surface area contributed by atoms with Crippen molar-refractivity contribution in [2.45, 2.75) is 52.7 Å². The van der Waals surface area contributed by atoms with Crippen LogP contribution in [0.25, 0.3) is 0 Å². The van der Waals surface area contributed by atoms with Crippen LogP contribution < -0.4 is 5.32 Å². The fraction of sp³-hybridized carbons (Fsp3) is 0.588. The molecule has 4 nitrogen and oxygen atoms in total. The SMILES string of the molecule is CC(O)CN(CC(=O)Nc1cccc(C(C)C)c1)C(C)C. The number of aliphatic hydroxyl groups excluding tert-OH is 1. The minimum absolute atomic E-state index is 0.0507. The molecule has 0 aliphatic carbocycles. The van der Waals surface area contributed by atoms with E-state index in [2.05, 4.69) is 25.2 Å². The van der Waals surface area contributed by atoms with Gasteiger partial charge in [-0.15, -0.1) is 0 Å². The molecule has 1 atom stereocenters. The highest BCUT2D eigenvalue weighted by Gasteiger charge is 2.16. The van der Waals surface area contributed by atoms with E-state index >= 15 is 0 Å². The van der Waals surface area contributed by atoms with E-state index in [1.165, 1.54) is 5.56 Å². The number of aliphatic hydroxyl groups is 1. The largest absolute Gasteiger partial charge is 0.392 e. The van der Waals surface area contributed by atoms with E-state index in [1.54, 1.807) is 6.92 Å². The molecule has 0 bridgehead atoms. The third kappa shape index (κ3) is 6.27. The molecule has 1 aromatic rings. The number of carbonyl (C=O) groups is 1. The molecule has 0 aliphatic rings. The van der Waals surface area contributed by atoms with Crippen molar-refractivity contribution in [2.24, 2.45) is 0 Å². The molecule has 1 amide bonds. The van der Waals surface area contributed by atoms with Gasteiger partial charge in [0.15, 0.2) is 0 Å². The molecule has 1 aromatic carbocycles. The molecule has 0 saturated carbocycles. The lowest BCUT2D eigenvalue weighted by Crippen LogP contribution is -2.41. The molecular weight excluding hydrogens is 264 g/mol. The molecule has 0 aliphatic heterocycles. The maximum Gasteiger partial charge on any atom is 0.238 e. The van der Waals surface area contributed by atoms with Gasteiger partial charge in [0.05, 0.1) is 12.6 Å². The Kier molecular flexibility index (Phi) is 6.85. The van der Waals surface area contributed by atoms with Gasteiger partial charge >= 0.3 is 0 Å². The minimum Gasteiger partial charge on any atom is -0.392 e. The Morgan fingerprint density at radius 3 is 2.43 bits per heavy atom. The van der Waals surface area contributed by atoms with Crippen molar-refractivity contribution in [3.8, 4) is 0 Å². The summed E-state index contributed by atoms with van der Waals surface area (Å²) in [4.78, 5) is 14.1. The van der Waals surface area contributed by atoms with Crippen molar-refractivity contribution in [1.82, 2.24) is 4.90 Å². The first-order valence-electron chi connectivity index (χ1n) is 7.61. The fourth-order valence-corrected chi connectivity index (χ4v) is 2.16. The second-order valence-corrected chi connectivity index (χ2v) is 6.20. The van der Waals surface area contributed by atoms with Gasteiger partial charge in [-0.05, 0) is 44.4 Å². The van der Waals surface area contributed by atoms with Crippen molar-refractivity contribution in [3.63, 3.8) is 0 Å². The topological polar surface area (TPSA) is 52.6 Å². The van der Waals surface area contributed by atoms with Crippen LogP contribution in [0.1, 0.15) is 46.1 Å². The highest BCUT2D eigenvalue weighted by molar-refractivity contribution is 5.92. The third-order valence-electron chi connectivity index (χ3n) is 3.41. The van der Waals surface area contributed by atoms with Crippen molar-refractivity contribution in [3.05, 3.63) is 29.8 Å². The first-order chi connectivity index (χ1) is 9.79. The molecule has 118 valence electrons. The Bertz CT molecular complexity index is 456. The van der Waals surface area contributed by atoms with Gasteiger partial charge in [0.25, 0.3) is 0 Å². The van der Waals surface area contributed by atoms with Crippen molar-refractivity contribution in [2.75, 3.05) is 18.4 Å². The summed E-state index contributed by atoms with van der Waals surface area (Å²) in [5.74, 6) is 0.384. The fourth-order valence-electron chi connectivity index (χ4n) is 2.16. The second kappa shape index (κ2) is 8.15. The van der Waals surface area contributed by atoms with Crippen molar-refractivity contribution in [1.29, 1.82) is 0 Å². The van der Waals surface area contributed by atoms with E-state index in [4.69, 9.17) is 0 Å². The number of benzene rings is 1. The maximum absolute atomic E-state index is 12.2. The molecule has 0 radical (unpaired) electrons. The molecule has 0 spiro atoms. The Hall–Kier alpha value is -1.39. The Morgan fingerprint density at radius 2 is 1.90 bits per heavy atom. The van der Waals surface area contributed by atoms with Crippen molar-refractivity contribution < 1.29 is 9.90 Å². The van der Waals surface area contributed by atoms with E-state index in [-0.39, 0.29) is 18.5 Å². The molecule has 1 unspecified atom stereocenters. The van der Waals surface area contributed by atoms with Crippen molar-refractivity contribution >= 4 is 11.6 Å². The molecule has 0 saturated heterocycles. The van der Waals surface area contributed by atoms with E-state index < -0.39 is 6.10 Å². The van der Waals surface area contributed by atoms with Gasteiger partial charge < -0.3 is 10.4 Å². The van der Waals surface area contributed by atoms with Crippen LogP contribution in [0, 0.1) is 0 Å². The lowest BCUT2D eigenvalue weighted by molar-refractivity contribution is -0.118. The molecule has 0 aromatic heterocycles. The second-order valence-electron chi connectivity index (χ2n) is 6.20. The third-order valence-corrected chi connectivity index (χ3v) is 3.41. The summed E-state index contributed by atoms with van der Waals surface area (Å²) in [6, 6.07) is 8.15. The van der Waals surface area contributed by atoms with Gasteiger partial charge in [0, 0.05) is 18.3 Å². The first kappa shape index (κ1) is 17.7. The molecule has 1 rings (SSSR count). The summed E-state index contributed by atoms with van der Waals surface area (Å²) < 4.78 is 0. The van der Waals surface area contributed by atoms with Crippen LogP contribution in [0.5, 0.6) is 0 Å². The zero-order chi connectivity index (χ0) is 16.0. The lowest BCUT2D eigenvalue weighted by Gasteiger charge is -2.27. The van der Waals surface area contributed by atoms with Crippen LogP contribution in [-0.4, -0.2) is 41.1 Å². The number of nitrogens with one attached hydrogen (secondary N) is 1. The molecule has 0 heterocycles. The Morgan fingerprint density at radius 1 is 1.24 bits per heavy atom. The van der Waals surface area contributed by atoms with Gasteiger partial charge in [-0.2, -0.15) is 0 Å². The summed E-state index contributed by atoms with van der Waals surface area (Å²) in [5.41, 5.74) is 2.03. The van der Waals surface area contributed by atoms with Crippen LogP contribution in [0.4, 0.5) is 5.69 Å². The summed E-state index contributed by atoms with van der Waals surface area (Å²) in [7, 11) is 0. The van der Waals surface area contributed by atoms with Crippen LogP contribution in [0.3, 0.4) is 0 Å². The smallest absolute Gasteiger partial charge is 0.238 e. The zero-order valence-electron chi connectivity index (χ0n) is 13.8. The summed E-state index contributed by atoms with van der Waals surface area (Å²) in [6.45, 7) is 10.8. The van der Waals surface area contributed by atoms with E-state index in [0.717, 1.165) is 5.69 Å². The first-order valence-corrected chi connectivity index (χ1v) is 7.61. The molecular formula is C17H28N2O2. The highest BCUT2D eigenvalue weighted by atomic mass is 16.3. The van der Waals surface area contributed by atoms with E-state index in [1.807, 2.05) is 36.9 Å². The predicted molar refractivity (Wildman–Crippen MR) is 87.6 cm³/mol. The van der Waals surface area contributed by atoms with Crippen LogP contribution in [0.2, 0.25) is 0 Å². The van der Waals surface area contributed by atoms with Crippen LogP contribution in [-0.2, 0) is 4.79 Å². The number of hydrogen-bond donors (Lipinski definition) is 2. The number of hydrogen-bond acceptors (Lipinski definition) is 3. The van der Waals surface area contributed by atoms with Crippen LogP contribution in [0.15, 0.2) is 24.3 Å². The number of anilines is 1. The number of rotatable bonds is 7. The minimum atomic E-state index is -0.440. The molecule has 2 N–H and O–H groups in total. The Labute approximate surface area is 128 Å². The standard InChI is InChI=1S/C17H28N2O2/c1-12(2)15-7-6-8-16(9-15)18-17(21)11-19(13(3)4)10-14(5)20/h6-9,12-14,20H,10-11H2,1-5H3,(H,18,21). The predicted octanol–water partition coefficient (Wildman–Crippen LogP) is 2.84. The Balaban J connectivity index is 2.65. The number of carbonyl (C=O) groups excluding carboxylic acids is 1. The quantitative estimate of drug-likeness (QED) is 0.812. The molecule has 21 heavy (non-hydrogen) atoms. The average Bonchev–Trinajstić information content (AvgIpc) is 2.37. The number of amides is 1. The van der Waals surface area contributed by atoms with Crippen LogP contribution >= 0.6 is 0 Å². The lowest BCUT2D eigenvalue weighted by atomic mass is 10.0.